The minimum Gasteiger partial charge on any atom is -0.381 e. The SMILES string of the molecule is Fc1cccc2c1NCC21CCNC1. The van der Waals surface area contributed by atoms with Gasteiger partial charge in [-0.3, -0.25) is 0 Å². The highest BCUT2D eigenvalue weighted by Gasteiger charge is 2.41. The molecule has 1 atom stereocenters. The molecule has 0 amide bonds. The zero-order valence-electron chi connectivity index (χ0n) is 7.94. The first-order valence-corrected chi connectivity index (χ1v) is 5.05. The molecule has 0 bridgehead atoms. The van der Waals surface area contributed by atoms with Gasteiger partial charge >= 0.3 is 0 Å². The number of para-hydroxylation sites is 1. The van der Waals surface area contributed by atoms with E-state index in [2.05, 4.69) is 10.6 Å². The summed E-state index contributed by atoms with van der Waals surface area (Å²) in [4.78, 5) is 0. The first kappa shape index (κ1) is 8.24. The maximum atomic E-state index is 13.4. The van der Waals surface area contributed by atoms with Crippen molar-refractivity contribution < 1.29 is 4.39 Å². The van der Waals surface area contributed by atoms with Gasteiger partial charge in [0.15, 0.2) is 0 Å². The predicted octanol–water partition coefficient (Wildman–Crippen LogP) is 1.48. The van der Waals surface area contributed by atoms with E-state index in [1.54, 1.807) is 6.07 Å². The van der Waals surface area contributed by atoms with Gasteiger partial charge in [0.05, 0.1) is 5.69 Å². The summed E-state index contributed by atoms with van der Waals surface area (Å²) in [7, 11) is 0. The van der Waals surface area contributed by atoms with Gasteiger partial charge < -0.3 is 10.6 Å². The molecule has 74 valence electrons. The van der Waals surface area contributed by atoms with Crippen LogP contribution in [0.1, 0.15) is 12.0 Å². The molecule has 2 heterocycles. The van der Waals surface area contributed by atoms with Crippen molar-refractivity contribution >= 4 is 5.69 Å². The lowest BCUT2D eigenvalue weighted by atomic mass is 9.82. The van der Waals surface area contributed by atoms with Gasteiger partial charge in [0, 0.05) is 18.5 Å². The second kappa shape index (κ2) is 2.70. The molecular formula is C11H13FN2. The molecule has 1 unspecified atom stereocenters. The highest BCUT2D eigenvalue weighted by atomic mass is 19.1. The number of halogens is 1. The lowest BCUT2D eigenvalue weighted by molar-refractivity contribution is 0.522. The lowest BCUT2D eigenvalue weighted by Gasteiger charge is -2.21. The molecule has 2 aliphatic rings. The van der Waals surface area contributed by atoms with E-state index in [1.807, 2.05) is 6.07 Å². The molecule has 1 saturated heterocycles. The van der Waals surface area contributed by atoms with Gasteiger partial charge in [-0.1, -0.05) is 12.1 Å². The largest absolute Gasteiger partial charge is 0.381 e. The van der Waals surface area contributed by atoms with Crippen LogP contribution in [0.25, 0.3) is 0 Å². The quantitative estimate of drug-likeness (QED) is 0.650. The topological polar surface area (TPSA) is 24.1 Å². The van der Waals surface area contributed by atoms with Gasteiger partial charge in [-0.2, -0.15) is 0 Å². The summed E-state index contributed by atoms with van der Waals surface area (Å²) in [5.74, 6) is -0.119. The van der Waals surface area contributed by atoms with Crippen LogP contribution < -0.4 is 10.6 Å². The fraction of sp³-hybridized carbons (Fsp3) is 0.455. The Hall–Kier alpha value is -1.09. The highest BCUT2D eigenvalue weighted by Crippen LogP contribution is 2.41. The van der Waals surface area contributed by atoms with Crippen molar-refractivity contribution in [3.8, 4) is 0 Å². The van der Waals surface area contributed by atoms with E-state index in [0.717, 1.165) is 37.3 Å². The summed E-state index contributed by atoms with van der Waals surface area (Å²) in [6, 6.07) is 5.37. The minimum absolute atomic E-state index is 0.119. The third-order valence-corrected chi connectivity index (χ3v) is 3.43. The molecule has 0 saturated carbocycles. The molecule has 0 aliphatic carbocycles. The van der Waals surface area contributed by atoms with Gasteiger partial charge in [0.25, 0.3) is 0 Å². The molecule has 1 aromatic carbocycles. The zero-order valence-corrected chi connectivity index (χ0v) is 7.94. The Balaban J connectivity index is 2.14. The highest BCUT2D eigenvalue weighted by molar-refractivity contribution is 5.61. The van der Waals surface area contributed by atoms with E-state index < -0.39 is 0 Å². The number of benzene rings is 1. The van der Waals surface area contributed by atoms with Crippen LogP contribution in [-0.4, -0.2) is 19.6 Å². The van der Waals surface area contributed by atoms with E-state index in [4.69, 9.17) is 0 Å². The average Bonchev–Trinajstić information content (AvgIpc) is 2.78. The molecule has 3 rings (SSSR count). The maximum Gasteiger partial charge on any atom is 0.146 e. The van der Waals surface area contributed by atoms with E-state index in [9.17, 15) is 4.39 Å². The van der Waals surface area contributed by atoms with Crippen LogP contribution in [0, 0.1) is 5.82 Å². The smallest absolute Gasteiger partial charge is 0.146 e. The molecule has 1 aromatic rings. The predicted molar refractivity (Wildman–Crippen MR) is 54.1 cm³/mol. The van der Waals surface area contributed by atoms with Crippen molar-refractivity contribution in [3.05, 3.63) is 29.6 Å². The number of hydrogen-bond donors (Lipinski definition) is 2. The molecular weight excluding hydrogens is 179 g/mol. The van der Waals surface area contributed by atoms with Crippen LogP contribution in [0.15, 0.2) is 18.2 Å². The summed E-state index contributed by atoms with van der Waals surface area (Å²) in [6.07, 6.45) is 1.11. The first-order valence-electron chi connectivity index (χ1n) is 5.05. The van der Waals surface area contributed by atoms with Crippen LogP contribution in [0.3, 0.4) is 0 Å². The molecule has 1 spiro atoms. The Kier molecular flexibility index (Phi) is 1.59. The van der Waals surface area contributed by atoms with Crippen LogP contribution in [-0.2, 0) is 5.41 Å². The third kappa shape index (κ3) is 0.932. The van der Waals surface area contributed by atoms with Crippen molar-refractivity contribution in [1.82, 2.24) is 5.32 Å². The molecule has 0 radical (unpaired) electrons. The van der Waals surface area contributed by atoms with Crippen molar-refractivity contribution in [3.63, 3.8) is 0 Å². The van der Waals surface area contributed by atoms with Crippen molar-refractivity contribution in [2.24, 2.45) is 0 Å². The summed E-state index contributed by atoms with van der Waals surface area (Å²) in [5, 5.41) is 6.54. The van der Waals surface area contributed by atoms with Crippen molar-refractivity contribution in [2.75, 3.05) is 25.0 Å². The Bertz CT molecular complexity index is 370. The standard InChI is InChI=1S/C11H13FN2/c12-9-3-1-2-8-10(9)14-7-11(8)4-5-13-6-11/h1-3,13-14H,4-7H2. The second-order valence-electron chi connectivity index (χ2n) is 4.22. The normalized spacial score (nSPS) is 29.2. The molecule has 0 aromatic heterocycles. The number of anilines is 1. The lowest BCUT2D eigenvalue weighted by Crippen LogP contribution is -2.30. The minimum atomic E-state index is -0.119. The van der Waals surface area contributed by atoms with Crippen LogP contribution in [0.2, 0.25) is 0 Å². The van der Waals surface area contributed by atoms with Crippen molar-refractivity contribution in [1.29, 1.82) is 0 Å². The van der Waals surface area contributed by atoms with Gasteiger partial charge in [-0.15, -0.1) is 0 Å². The van der Waals surface area contributed by atoms with Crippen LogP contribution in [0.4, 0.5) is 10.1 Å². The summed E-state index contributed by atoms with van der Waals surface area (Å²) in [5.41, 5.74) is 2.02. The molecule has 3 heteroatoms. The molecule has 2 aliphatic heterocycles. The van der Waals surface area contributed by atoms with E-state index in [-0.39, 0.29) is 11.2 Å². The Morgan fingerprint density at radius 1 is 1.29 bits per heavy atom. The molecule has 1 fully saturated rings. The monoisotopic (exact) mass is 192 g/mol. The van der Waals surface area contributed by atoms with E-state index in [0.29, 0.717) is 0 Å². The first-order chi connectivity index (χ1) is 6.82. The maximum absolute atomic E-state index is 13.4. The third-order valence-electron chi connectivity index (χ3n) is 3.43. The fourth-order valence-electron chi connectivity index (χ4n) is 2.62. The second-order valence-corrected chi connectivity index (χ2v) is 4.22. The fourth-order valence-corrected chi connectivity index (χ4v) is 2.62. The number of hydrogen-bond acceptors (Lipinski definition) is 2. The van der Waals surface area contributed by atoms with Crippen LogP contribution in [0.5, 0.6) is 0 Å². The van der Waals surface area contributed by atoms with Gasteiger partial charge in [-0.25, -0.2) is 4.39 Å². The van der Waals surface area contributed by atoms with E-state index >= 15 is 0 Å². The zero-order chi connectivity index (χ0) is 9.60. The molecule has 2 nitrogen and oxygen atoms in total. The van der Waals surface area contributed by atoms with E-state index in [1.165, 1.54) is 6.07 Å². The Morgan fingerprint density at radius 2 is 2.21 bits per heavy atom. The molecule has 14 heavy (non-hydrogen) atoms. The van der Waals surface area contributed by atoms with Gasteiger partial charge in [-0.05, 0) is 24.6 Å². The number of fused-ring (bicyclic) bond motifs is 2. The number of nitrogens with one attached hydrogen (secondary N) is 2. The Morgan fingerprint density at radius 3 is 3.00 bits per heavy atom. The average molecular weight is 192 g/mol. The number of rotatable bonds is 0. The Labute approximate surface area is 82.5 Å². The van der Waals surface area contributed by atoms with Crippen molar-refractivity contribution in [2.45, 2.75) is 11.8 Å². The van der Waals surface area contributed by atoms with Crippen LogP contribution >= 0.6 is 0 Å². The van der Waals surface area contributed by atoms with Gasteiger partial charge in [0.2, 0.25) is 0 Å². The van der Waals surface area contributed by atoms with Gasteiger partial charge in [0.1, 0.15) is 5.82 Å². The summed E-state index contributed by atoms with van der Waals surface area (Å²) >= 11 is 0. The molecule has 2 N–H and O–H groups in total. The summed E-state index contributed by atoms with van der Waals surface area (Å²) < 4.78 is 13.4. The summed E-state index contributed by atoms with van der Waals surface area (Å²) in [6.45, 7) is 2.88.